The molecule has 0 spiro atoms. The van der Waals surface area contributed by atoms with Crippen LogP contribution in [0.3, 0.4) is 0 Å². The predicted octanol–water partition coefficient (Wildman–Crippen LogP) is 8.12. The van der Waals surface area contributed by atoms with Crippen molar-refractivity contribution in [2.75, 3.05) is 37.9 Å². The minimum atomic E-state index is -1.06. The van der Waals surface area contributed by atoms with Crippen LogP contribution in [-0.2, 0) is 0 Å². The van der Waals surface area contributed by atoms with Crippen molar-refractivity contribution in [2.24, 2.45) is 0 Å². The molecule has 0 radical (unpaired) electrons. The Morgan fingerprint density at radius 2 is 1.07 bits per heavy atom. The molecular formula is C31H27FN4O2S2. The Labute approximate surface area is 239 Å². The predicted molar refractivity (Wildman–Crippen MR) is 165 cm³/mol. The third kappa shape index (κ3) is 5.71. The summed E-state index contributed by atoms with van der Waals surface area (Å²) >= 11 is 3.25. The number of halogens is 1. The summed E-state index contributed by atoms with van der Waals surface area (Å²) in [6.07, 6.45) is -1.06. The summed E-state index contributed by atoms with van der Waals surface area (Å²) in [5, 5.41) is 8.26. The van der Waals surface area contributed by atoms with Crippen molar-refractivity contribution in [3.63, 3.8) is 0 Å². The molecule has 2 N–H and O–H groups in total. The van der Waals surface area contributed by atoms with Crippen LogP contribution in [0.25, 0.3) is 41.6 Å². The van der Waals surface area contributed by atoms with Crippen molar-refractivity contribution in [2.45, 2.75) is 6.17 Å². The summed E-state index contributed by atoms with van der Waals surface area (Å²) in [4.78, 5) is 9.44. The largest absolute Gasteiger partial charge is 0.497 e. The molecule has 9 heteroatoms. The molecule has 6 nitrogen and oxygen atoms in total. The van der Waals surface area contributed by atoms with E-state index >= 15 is 0 Å². The van der Waals surface area contributed by atoms with Crippen LogP contribution in [0.1, 0.15) is 0 Å². The van der Waals surface area contributed by atoms with Gasteiger partial charge in [0.25, 0.3) is 0 Å². The second-order valence-corrected chi connectivity index (χ2v) is 11.3. The number of benzene rings is 4. The topological polar surface area (TPSA) is 68.3 Å². The maximum atomic E-state index is 14.7. The average molecular weight is 571 g/mol. The van der Waals surface area contributed by atoms with Crippen molar-refractivity contribution in [1.82, 2.24) is 9.97 Å². The average Bonchev–Trinajstić information content (AvgIpc) is 3.63. The Morgan fingerprint density at radius 3 is 1.48 bits per heavy atom. The molecule has 6 aromatic rings. The zero-order valence-corrected chi connectivity index (χ0v) is 23.6. The summed E-state index contributed by atoms with van der Waals surface area (Å²) in [5.41, 5.74) is 5.68. The first-order chi connectivity index (χ1) is 19.6. The fourth-order valence-corrected chi connectivity index (χ4v) is 6.30. The third-order valence-corrected chi connectivity index (χ3v) is 8.64. The van der Waals surface area contributed by atoms with E-state index in [4.69, 9.17) is 19.4 Å². The number of hydrogen-bond acceptors (Lipinski definition) is 8. The van der Waals surface area contributed by atoms with Gasteiger partial charge >= 0.3 is 0 Å². The summed E-state index contributed by atoms with van der Waals surface area (Å²) in [6.45, 7) is 0.418. The number of ether oxygens (including phenoxy) is 2. The lowest BCUT2D eigenvalue weighted by atomic mass is 10.2. The van der Waals surface area contributed by atoms with Gasteiger partial charge in [0.05, 0.1) is 34.7 Å². The molecule has 0 aliphatic heterocycles. The maximum Gasteiger partial charge on any atom is 0.134 e. The van der Waals surface area contributed by atoms with Gasteiger partial charge in [-0.1, -0.05) is 0 Å². The lowest BCUT2D eigenvalue weighted by Crippen LogP contribution is -2.23. The first kappa shape index (κ1) is 26.0. The van der Waals surface area contributed by atoms with Gasteiger partial charge in [-0.15, -0.1) is 22.7 Å². The molecule has 0 unspecified atom stereocenters. The van der Waals surface area contributed by atoms with Gasteiger partial charge in [0.1, 0.15) is 27.7 Å². The fraction of sp³-hybridized carbons (Fsp3) is 0.161. The number of anilines is 2. The first-order valence-electron chi connectivity index (χ1n) is 12.8. The molecule has 0 fully saturated rings. The minimum Gasteiger partial charge on any atom is -0.497 e. The van der Waals surface area contributed by atoms with E-state index in [2.05, 4.69) is 10.6 Å². The van der Waals surface area contributed by atoms with E-state index in [1.807, 2.05) is 84.9 Å². The number of rotatable bonds is 10. The number of aromatic nitrogens is 2. The van der Waals surface area contributed by atoms with Crippen molar-refractivity contribution in [3.05, 3.63) is 84.9 Å². The fourth-order valence-electron chi connectivity index (χ4n) is 4.30. The Kier molecular flexibility index (Phi) is 7.48. The third-order valence-electron chi connectivity index (χ3n) is 6.51. The molecule has 0 amide bonds. The lowest BCUT2D eigenvalue weighted by molar-refractivity contribution is 0.365. The lowest BCUT2D eigenvalue weighted by Gasteiger charge is -2.13. The van der Waals surface area contributed by atoms with Gasteiger partial charge in [-0.2, -0.15) is 0 Å². The van der Waals surface area contributed by atoms with Crippen LogP contribution in [0, 0.1) is 0 Å². The van der Waals surface area contributed by atoms with Gasteiger partial charge in [0.2, 0.25) is 0 Å². The number of fused-ring (bicyclic) bond motifs is 2. The molecule has 2 heterocycles. The van der Waals surface area contributed by atoms with Crippen molar-refractivity contribution >= 4 is 54.5 Å². The van der Waals surface area contributed by atoms with Crippen LogP contribution in [0.2, 0.25) is 0 Å². The zero-order chi connectivity index (χ0) is 27.5. The first-order valence-corrected chi connectivity index (χ1v) is 14.4. The van der Waals surface area contributed by atoms with E-state index in [1.54, 1.807) is 36.9 Å². The highest BCUT2D eigenvalue weighted by atomic mass is 32.1. The maximum absolute atomic E-state index is 14.7. The molecule has 0 aliphatic carbocycles. The Hall–Kier alpha value is -4.21. The Balaban J connectivity index is 1.01. The molecule has 0 saturated heterocycles. The van der Waals surface area contributed by atoms with Crippen LogP contribution >= 0.6 is 22.7 Å². The number of thiazole rings is 2. The Morgan fingerprint density at radius 1 is 0.650 bits per heavy atom. The van der Waals surface area contributed by atoms with Gasteiger partial charge in [-0.3, -0.25) is 0 Å². The summed E-state index contributed by atoms with van der Waals surface area (Å²) in [7, 11) is 3.32. The molecule has 202 valence electrons. The van der Waals surface area contributed by atoms with E-state index in [-0.39, 0.29) is 13.1 Å². The molecular weight excluding hydrogens is 543 g/mol. The van der Waals surface area contributed by atoms with E-state index in [9.17, 15) is 4.39 Å². The van der Waals surface area contributed by atoms with Crippen molar-refractivity contribution in [3.8, 4) is 32.6 Å². The quantitative estimate of drug-likeness (QED) is 0.173. The number of nitrogens with one attached hydrogen (secondary N) is 2. The van der Waals surface area contributed by atoms with Crippen molar-refractivity contribution in [1.29, 1.82) is 0 Å². The molecule has 0 bridgehead atoms. The highest BCUT2D eigenvalue weighted by molar-refractivity contribution is 7.22. The monoisotopic (exact) mass is 570 g/mol. The molecule has 0 saturated carbocycles. The second kappa shape index (κ2) is 11.5. The number of hydrogen-bond donors (Lipinski definition) is 2. The highest BCUT2D eigenvalue weighted by Crippen LogP contribution is 2.34. The van der Waals surface area contributed by atoms with E-state index in [0.29, 0.717) is 0 Å². The molecule has 4 aromatic carbocycles. The standard InChI is InChI=1S/C31H27FN4O2S2/c1-37-24-11-13-26-28(15-24)39-30(35-26)19-3-7-22(8-4-19)33-17-21(32)18-34-23-9-5-20(6-10-23)31-36-27-14-12-25(38-2)16-29(27)40-31/h3-16,21,33-34H,17-18H2,1-2H3. The van der Waals surface area contributed by atoms with Gasteiger partial charge in [-0.05, 0) is 84.9 Å². The minimum absolute atomic E-state index is 0.209. The molecule has 0 atom stereocenters. The van der Waals surface area contributed by atoms with Gasteiger partial charge < -0.3 is 20.1 Å². The van der Waals surface area contributed by atoms with Gasteiger partial charge in [-0.25, -0.2) is 14.4 Å². The van der Waals surface area contributed by atoms with E-state index in [1.165, 1.54) is 0 Å². The van der Waals surface area contributed by atoms with E-state index in [0.717, 1.165) is 64.4 Å². The SMILES string of the molecule is COc1ccc2nc(-c3ccc(NCC(F)CNc4ccc(-c5nc6ccc(OC)cc6s5)cc4)cc3)sc2c1. The normalized spacial score (nSPS) is 11.3. The van der Waals surface area contributed by atoms with E-state index < -0.39 is 6.17 Å². The Bertz CT molecular complexity index is 1620. The summed E-state index contributed by atoms with van der Waals surface area (Å²) in [5.74, 6) is 1.64. The van der Waals surface area contributed by atoms with Crippen LogP contribution in [0.4, 0.5) is 15.8 Å². The molecule has 2 aromatic heterocycles. The number of alkyl halides is 1. The van der Waals surface area contributed by atoms with Gasteiger partial charge in [0, 0.05) is 35.6 Å². The van der Waals surface area contributed by atoms with Gasteiger partial charge in [0.15, 0.2) is 0 Å². The molecule has 0 aliphatic rings. The second-order valence-electron chi connectivity index (χ2n) is 9.22. The number of methoxy groups -OCH3 is 2. The summed E-state index contributed by atoms with van der Waals surface area (Å²) in [6, 6.07) is 27.6. The van der Waals surface area contributed by atoms with Crippen molar-refractivity contribution < 1.29 is 13.9 Å². The summed E-state index contributed by atoms with van der Waals surface area (Å²) < 4.78 is 27.4. The van der Waals surface area contributed by atoms with Crippen LogP contribution < -0.4 is 20.1 Å². The van der Waals surface area contributed by atoms with Crippen LogP contribution in [0.15, 0.2) is 84.9 Å². The van der Waals surface area contributed by atoms with Crippen LogP contribution in [0.5, 0.6) is 11.5 Å². The number of nitrogens with zero attached hydrogens (tertiary/aromatic N) is 2. The zero-order valence-electron chi connectivity index (χ0n) is 22.0. The molecule has 40 heavy (non-hydrogen) atoms. The van der Waals surface area contributed by atoms with Crippen LogP contribution in [-0.4, -0.2) is 43.4 Å². The smallest absolute Gasteiger partial charge is 0.134 e. The molecule has 6 rings (SSSR count). The highest BCUT2D eigenvalue weighted by Gasteiger charge is 2.11.